The van der Waals surface area contributed by atoms with Crippen molar-refractivity contribution in [2.45, 2.75) is 18.9 Å². The summed E-state index contributed by atoms with van der Waals surface area (Å²) in [5.41, 5.74) is 0.288. The van der Waals surface area contributed by atoms with Crippen LogP contribution < -0.4 is 0 Å². The summed E-state index contributed by atoms with van der Waals surface area (Å²) in [6.07, 6.45) is 2.52. The van der Waals surface area contributed by atoms with Gasteiger partial charge in [0.25, 0.3) is 5.91 Å². The Morgan fingerprint density at radius 1 is 1.29 bits per heavy atom. The highest BCUT2D eigenvalue weighted by Gasteiger charge is 2.37. The minimum Gasteiger partial charge on any atom is -0.478 e. The number of rotatable bonds is 2. The number of amides is 2. The minimum absolute atomic E-state index is 0.0535. The van der Waals surface area contributed by atoms with E-state index >= 15 is 0 Å². The predicted octanol–water partition coefficient (Wildman–Crippen LogP) is 0.227. The molecule has 1 unspecified atom stereocenters. The summed E-state index contributed by atoms with van der Waals surface area (Å²) in [6, 6.07) is 2.91. The lowest BCUT2D eigenvalue weighted by Gasteiger charge is -2.37. The number of nitrogens with zero attached hydrogens (tertiary/aromatic N) is 3. The topological polar surface area (TPSA) is 90.8 Å². The second kappa shape index (κ2) is 5.16. The van der Waals surface area contributed by atoms with Crippen LogP contribution in [0.2, 0.25) is 0 Å². The fourth-order valence-electron chi connectivity index (χ4n) is 2.86. The van der Waals surface area contributed by atoms with Gasteiger partial charge in [0.15, 0.2) is 0 Å². The molecule has 2 saturated heterocycles. The van der Waals surface area contributed by atoms with Crippen molar-refractivity contribution in [2.24, 2.45) is 0 Å². The van der Waals surface area contributed by atoms with Gasteiger partial charge in [-0.2, -0.15) is 0 Å². The second-order valence-electron chi connectivity index (χ2n) is 5.27. The van der Waals surface area contributed by atoms with Gasteiger partial charge < -0.3 is 14.9 Å². The zero-order valence-corrected chi connectivity index (χ0v) is 11.4. The fraction of sp³-hybridized carbons (Fsp3) is 0.429. The summed E-state index contributed by atoms with van der Waals surface area (Å²) < 4.78 is 0. The summed E-state index contributed by atoms with van der Waals surface area (Å²) >= 11 is 0. The quantitative estimate of drug-likeness (QED) is 0.841. The van der Waals surface area contributed by atoms with Crippen molar-refractivity contribution in [3.05, 3.63) is 29.6 Å². The van der Waals surface area contributed by atoms with Gasteiger partial charge in [0.2, 0.25) is 5.91 Å². The highest BCUT2D eigenvalue weighted by Crippen LogP contribution is 2.23. The molecule has 7 heteroatoms. The Balaban J connectivity index is 1.71. The standard InChI is InChI=1S/C14H15N3O4/c18-12-4-2-10-8-16(5-6-17(10)12)13(19)11-3-1-9(7-15-11)14(20)21/h1,3,7,10H,2,4-6,8H2,(H,20,21). The van der Waals surface area contributed by atoms with Gasteiger partial charge in [-0.1, -0.05) is 0 Å². The van der Waals surface area contributed by atoms with Crippen LogP contribution in [-0.4, -0.2) is 63.4 Å². The molecule has 2 aliphatic heterocycles. The molecule has 0 aliphatic carbocycles. The Labute approximate surface area is 121 Å². The Morgan fingerprint density at radius 2 is 2.10 bits per heavy atom. The third-order valence-electron chi connectivity index (χ3n) is 4.01. The van der Waals surface area contributed by atoms with Gasteiger partial charge in [0, 0.05) is 38.3 Å². The van der Waals surface area contributed by atoms with E-state index in [4.69, 9.17) is 5.11 Å². The van der Waals surface area contributed by atoms with Gasteiger partial charge in [-0.15, -0.1) is 0 Å². The predicted molar refractivity (Wildman–Crippen MR) is 71.8 cm³/mol. The van der Waals surface area contributed by atoms with Gasteiger partial charge in [0.05, 0.1) is 5.56 Å². The van der Waals surface area contributed by atoms with Crippen LogP contribution in [0.25, 0.3) is 0 Å². The van der Waals surface area contributed by atoms with E-state index in [2.05, 4.69) is 4.98 Å². The lowest BCUT2D eigenvalue weighted by molar-refractivity contribution is -0.130. The minimum atomic E-state index is -1.07. The summed E-state index contributed by atoms with van der Waals surface area (Å²) in [7, 11) is 0. The molecule has 1 aromatic heterocycles. The molecular formula is C14H15N3O4. The molecule has 1 N–H and O–H groups in total. The molecule has 2 aliphatic rings. The van der Waals surface area contributed by atoms with Gasteiger partial charge in [0.1, 0.15) is 5.69 Å². The van der Waals surface area contributed by atoms with Crippen molar-refractivity contribution >= 4 is 17.8 Å². The van der Waals surface area contributed by atoms with E-state index in [0.717, 1.165) is 6.42 Å². The Kier molecular flexibility index (Phi) is 3.32. The molecular weight excluding hydrogens is 274 g/mol. The van der Waals surface area contributed by atoms with Crippen LogP contribution in [0.15, 0.2) is 18.3 Å². The molecule has 1 aromatic rings. The number of aromatic nitrogens is 1. The van der Waals surface area contributed by atoms with Gasteiger partial charge >= 0.3 is 5.97 Å². The molecule has 0 radical (unpaired) electrons. The summed E-state index contributed by atoms with van der Waals surface area (Å²) in [5, 5.41) is 8.82. The Bertz CT molecular complexity index is 599. The highest BCUT2D eigenvalue weighted by atomic mass is 16.4. The highest BCUT2D eigenvalue weighted by molar-refractivity contribution is 5.94. The Morgan fingerprint density at radius 3 is 2.76 bits per heavy atom. The molecule has 0 aromatic carbocycles. The normalized spacial score (nSPS) is 21.3. The van der Waals surface area contributed by atoms with Crippen molar-refractivity contribution in [2.75, 3.05) is 19.6 Å². The van der Waals surface area contributed by atoms with Crippen molar-refractivity contribution in [1.29, 1.82) is 0 Å². The number of carbonyl (C=O) groups is 3. The molecule has 0 spiro atoms. The van der Waals surface area contributed by atoms with E-state index in [1.165, 1.54) is 18.3 Å². The second-order valence-corrected chi connectivity index (χ2v) is 5.27. The lowest BCUT2D eigenvalue weighted by atomic mass is 10.1. The molecule has 110 valence electrons. The molecule has 7 nitrogen and oxygen atoms in total. The Hall–Kier alpha value is -2.44. The third-order valence-corrected chi connectivity index (χ3v) is 4.01. The van der Waals surface area contributed by atoms with E-state index in [0.29, 0.717) is 26.1 Å². The van der Waals surface area contributed by atoms with Crippen molar-refractivity contribution in [3.63, 3.8) is 0 Å². The first-order valence-electron chi connectivity index (χ1n) is 6.84. The fourth-order valence-corrected chi connectivity index (χ4v) is 2.86. The van der Waals surface area contributed by atoms with E-state index < -0.39 is 5.97 Å². The van der Waals surface area contributed by atoms with Crippen LogP contribution in [0.3, 0.4) is 0 Å². The summed E-state index contributed by atoms with van der Waals surface area (Å²) in [5.74, 6) is -1.12. The summed E-state index contributed by atoms with van der Waals surface area (Å²) in [6.45, 7) is 1.57. The lowest BCUT2D eigenvalue weighted by Crippen LogP contribution is -2.53. The van der Waals surface area contributed by atoms with E-state index in [1.54, 1.807) is 4.90 Å². The van der Waals surface area contributed by atoms with Gasteiger partial charge in [-0.05, 0) is 18.6 Å². The number of hydrogen-bond donors (Lipinski definition) is 1. The molecule has 0 saturated carbocycles. The number of carbonyl (C=O) groups excluding carboxylic acids is 2. The molecule has 0 bridgehead atoms. The smallest absolute Gasteiger partial charge is 0.337 e. The van der Waals surface area contributed by atoms with Crippen LogP contribution >= 0.6 is 0 Å². The molecule has 21 heavy (non-hydrogen) atoms. The van der Waals surface area contributed by atoms with Crippen molar-refractivity contribution in [3.8, 4) is 0 Å². The number of carboxylic acid groups (broad SMARTS) is 1. The number of hydrogen-bond acceptors (Lipinski definition) is 4. The maximum Gasteiger partial charge on any atom is 0.337 e. The number of carboxylic acids is 1. The van der Waals surface area contributed by atoms with Crippen LogP contribution in [0.4, 0.5) is 0 Å². The first-order chi connectivity index (χ1) is 10.1. The van der Waals surface area contributed by atoms with Crippen LogP contribution in [0.5, 0.6) is 0 Å². The van der Waals surface area contributed by atoms with Crippen molar-refractivity contribution < 1.29 is 19.5 Å². The van der Waals surface area contributed by atoms with Crippen LogP contribution in [0, 0.1) is 0 Å². The van der Waals surface area contributed by atoms with Crippen LogP contribution in [0.1, 0.15) is 33.7 Å². The molecule has 3 rings (SSSR count). The van der Waals surface area contributed by atoms with E-state index in [1.807, 2.05) is 4.90 Å². The van der Waals surface area contributed by atoms with E-state index in [9.17, 15) is 14.4 Å². The van der Waals surface area contributed by atoms with E-state index in [-0.39, 0.29) is 29.1 Å². The monoisotopic (exact) mass is 289 g/mol. The average Bonchev–Trinajstić information content (AvgIpc) is 2.87. The first-order valence-corrected chi connectivity index (χ1v) is 6.84. The SMILES string of the molecule is O=C(O)c1ccc(C(=O)N2CCN3C(=O)CCC3C2)nc1. The number of aromatic carboxylic acids is 1. The molecule has 2 fully saturated rings. The maximum absolute atomic E-state index is 12.4. The zero-order valence-electron chi connectivity index (χ0n) is 11.4. The third kappa shape index (κ3) is 2.46. The maximum atomic E-state index is 12.4. The number of pyridine rings is 1. The van der Waals surface area contributed by atoms with Crippen LogP contribution in [-0.2, 0) is 4.79 Å². The van der Waals surface area contributed by atoms with Gasteiger partial charge in [-0.25, -0.2) is 4.79 Å². The number of piperazine rings is 1. The molecule has 2 amide bonds. The average molecular weight is 289 g/mol. The number of fused-ring (bicyclic) bond motifs is 1. The van der Waals surface area contributed by atoms with Gasteiger partial charge in [-0.3, -0.25) is 14.6 Å². The summed E-state index contributed by atoms with van der Waals surface area (Å²) in [4.78, 5) is 42.2. The molecule has 1 atom stereocenters. The molecule has 3 heterocycles. The largest absolute Gasteiger partial charge is 0.478 e. The zero-order chi connectivity index (χ0) is 15.0. The first kappa shape index (κ1) is 13.5. The van der Waals surface area contributed by atoms with Crippen molar-refractivity contribution in [1.82, 2.24) is 14.8 Å².